The maximum absolute atomic E-state index is 6.32. The number of hydrogen-bond donors (Lipinski definition) is 1. The third-order valence-corrected chi connectivity index (χ3v) is 5.48. The molecule has 1 heterocycles. The van der Waals surface area contributed by atoms with E-state index in [0.29, 0.717) is 17.3 Å². The van der Waals surface area contributed by atoms with Gasteiger partial charge in [0.1, 0.15) is 5.75 Å². The van der Waals surface area contributed by atoms with Crippen LogP contribution in [0.4, 0.5) is 0 Å². The second-order valence-electron chi connectivity index (χ2n) is 6.65. The highest BCUT2D eigenvalue weighted by molar-refractivity contribution is 6.32. The fraction of sp³-hybridized carbons (Fsp3) is 0.400. The van der Waals surface area contributed by atoms with Crippen molar-refractivity contribution >= 4 is 24.0 Å². The summed E-state index contributed by atoms with van der Waals surface area (Å²) in [6.45, 7) is 0.950. The molecular weight excluding hydrogens is 373 g/mol. The molecule has 1 saturated carbocycles. The predicted molar refractivity (Wildman–Crippen MR) is 105 cm³/mol. The minimum atomic E-state index is -0.0601. The second kappa shape index (κ2) is 7.95. The molecule has 2 aliphatic rings. The summed E-state index contributed by atoms with van der Waals surface area (Å²) in [6.07, 6.45) is 4.64. The molecule has 6 heteroatoms. The Labute approximate surface area is 165 Å². The van der Waals surface area contributed by atoms with Crippen LogP contribution in [0.5, 0.6) is 17.2 Å². The number of para-hydroxylation sites is 1. The molecule has 2 aromatic carbocycles. The fourth-order valence-electron chi connectivity index (χ4n) is 3.95. The van der Waals surface area contributed by atoms with Crippen molar-refractivity contribution in [3.05, 3.63) is 52.5 Å². The Morgan fingerprint density at radius 1 is 1.15 bits per heavy atom. The summed E-state index contributed by atoms with van der Waals surface area (Å²) in [4.78, 5) is 0. The number of nitrogens with one attached hydrogen (secondary N) is 1. The van der Waals surface area contributed by atoms with E-state index in [1.165, 1.54) is 18.4 Å². The molecule has 4 rings (SSSR count). The van der Waals surface area contributed by atoms with E-state index < -0.39 is 0 Å². The molecule has 0 atom stereocenters. The Kier molecular flexibility index (Phi) is 5.86. The Morgan fingerprint density at radius 3 is 2.69 bits per heavy atom. The zero-order chi connectivity index (χ0) is 17.3. The normalized spacial score (nSPS) is 17.0. The van der Waals surface area contributed by atoms with Crippen molar-refractivity contribution in [3.8, 4) is 17.2 Å². The van der Waals surface area contributed by atoms with Gasteiger partial charge in [0.15, 0.2) is 11.5 Å². The largest absolute Gasteiger partial charge is 0.496 e. The van der Waals surface area contributed by atoms with E-state index in [9.17, 15) is 0 Å². The summed E-state index contributed by atoms with van der Waals surface area (Å²) < 4.78 is 16.5. The Balaban J connectivity index is 0.00000196. The highest BCUT2D eigenvalue weighted by atomic mass is 35.5. The third kappa shape index (κ3) is 3.46. The predicted octanol–water partition coefficient (Wildman–Crippen LogP) is 5.06. The minimum absolute atomic E-state index is 0. The lowest BCUT2D eigenvalue weighted by Gasteiger charge is -2.32. The summed E-state index contributed by atoms with van der Waals surface area (Å²) in [5.41, 5.74) is 2.27. The van der Waals surface area contributed by atoms with Crippen molar-refractivity contribution in [1.29, 1.82) is 0 Å². The number of halogens is 2. The lowest BCUT2D eigenvalue weighted by atomic mass is 9.87. The smallest absolute Gasteiger partial charge is 0.231 e. The van der Waals surface area contributed by atoms with Crippen molar-refractivity contribution in [2.75, 3.05) is 13.9 Å². The Bertz CT molecular complexity index is 776. The SMILES string of the molecule is COc1ccccc1C1(NCc2cc(Cl)c3c(c2)OCO3)CCCC1.Cl. The van der Waals surface area contributed by atoms with Gasteiger partial charge in [-0.15, -0.1) is 12.4 Å². The molecule has 2 aromatic rings. The van der Waals surface area contributed by atoms with E-state index in [-0.39, 0.29) is 24.7 Å². The second-order valence-corrected chi connectivity index (χ2v) is 7.06. The number of methoxy groups -OCH3 is 1. The number of benzene rings is 2. The van der Waals surface area contributed by atoms with Gasteiger partial charge in [0.25, 0.3) is 0 Å². The zero-order valence-corrected chi connectivity index (χ0v) is 16.3. The Morgan fingerprint density at radius 2 is 1.92 bits per heavy atom. The van der Waals surface area contributed by atoms with Gasteiger partial charge < -0.3 is 19.5 Å². The van der Waals surface area contributed by atoms with Gasteiger partial charge in [-0.3, -0.25) is 0 Å². The summed E-state index contributed by atoms with van der Waals surface area (Å²) in [5, 5.41) is 4.39. The molecule has 26 heavy (non-hydrogen) atoms. The van der Waals surface area contributed by atoms with Gasteiger partial charge in [-0.25, -0.2) is 0 Å². The third-order valence-electron chi connectivity index (χ3n) is 5.20. The first-order valence-corrected chi connectivity index (χ1v) is 9.06. The van der Waals surface area contributed by atoms with Gasteiger partial charge in [-0.05, 0) is 36.6 Å². The monoisotopic (exact) mass is 395 g/mol. The number of fused-ring (bicyclic) bond motifs is 1. The lowest BCUT2D eigenvalue weighted by molar-refractivity contribution is 0.174. The quantitative estimate of drug-likeness (QED) is 0.767. The number of ether oxygens (including phenoxy) is 3. The van der Waals surface area contributed by atoms with E-state index in [2.05, 4.69) is 17.4 Å². The van der Waals surface area contributed by atoms with Crippen LogP contribution >= 0.6 is 24.0 Å². The zero-order valence-electron chi connectivity index (χ0n) is 14.7. The lowest BCUT2D eigenvalue weighted by Crippen LogP contribution is -2.39. The van der Waals surface area contributed by atoms with Crippen LogP contribution in [0.2, 0.25) is 5.02 Å². The topological polar surface area (TPSA) is 39.7 Å². The van der Waals surface area contributed by atoms with Gasteiger partial charge in [0.2, 0.25) is 6.79 Å². The van der Waals surface area contributed by atoms with Crippen LogP contribution in [0, 0.1) is 0 Å². The van der Waals surface area contributed by atoms with E-state index in [1.54, 1.807) is 7.11 Å². The molecule has 1 fully saturated rings. The van der Waals surface area contributed by atoms with Crippen LogP contribution in [-0.4, -0.2) is 13.9 Å². The molecule has 0 saturated heterocycles. The summed E-state index contributed by atoms with van der Waals surface area (Å²) in [5.74, 6) is 2.31. The molecule has 1 aliphatic heterocycles. The van der Waals surface area contributed by atoms with Gasteiger partial charge in [-0.2, -0.15) is 0 Å². The minimum Gasteiger partial charge on any atom is -0.496 e. The van der Waals surface area contributed by atoms with Crippen LogP contribution in [0.25, 0.3) is 0 Å². The average molecular weight is 396 g/mol. The molecule has 140 valence electrons. The van der Waals surface area contributed by atoms with Crippen LogP contribution in [0.15, 0.2) is 36.4 Å². The molecule has 0 spiro atoms. The molecule has 1 aliphatic carbocycles. The average Bonchev–Trinajstić information content (AvgIpc) is 3.30. The van der Waals surface area contributed by atoms with Crippen molar-refractivity contribution in [2.24, 2.45) is 0 Å². The van der Waals surface area contributed by atoms with Crippen LogP contribution in [0.1, 0.15) is 36.8 Å². The maximum atomic E-state index is 6.32. The molecule has 0 aromatic heterocycles. The number of hydrogen-bond acceptors (Lipinski definition) is 4. The Hall–Kier alpha value is -1.62. The van der Waals surface area contributed by atoms with Crippen LogP contribution < -0.4 is 19.5 Å². The molecule has 1 N–H and O–H groups in total. The van der Waals surface area contributed by atoms with Crippen molar-refractivity contribution in [3.63, 3.8) is 0 Å². The highest BCUT2D eigenvalue weighted by Crippen LogP contribution is 2.44. The molecule has 0 unspecified atom stereocenters. The van der Waals surface area contributed by atoms with Crippen molar-refractivity contribution in [2.45, 2.75) is 37.8 Å². The standard InChI is InChI=1S/C20H22ClNO3.ClH/c1-23-17-7-3-2-6-15(17)20(8-4-5-9-20)22-12-14-10-16(21)19-18(11-14)24-13-25-19;/h2-3,6-7,10-11,22H,4-5,8-9,12-13H2,1H3;1H. The van der Waals surface area contributed by atoms with Crippen molar-refractivity contribution < 1.29 is 14.2 Å². The first kappa shape index (κ1) is 19.2. The van der Waals surface area contributed by atoms with Crippen LogP contribution in [0.3, 0.4) is 0 Å². The van der Waals surface area contributed by atoms with E-state index in [0.717, 1.165) is 29.9 Å². The van der Waals surface area contributed by atoms with E-state index in [1.807, 2.05) is 24.3 Å². The van der Waals surface area contributed by atoms with Gasteiger partial charge in [-0.1, -0.05) is 42.6 Å². The van der Waals surface area contributed by atoms with Gasteiger partial charge >= 0.3 is 0 Å². The highest BCUT2D eigenvalue weighted by Gasteiger charge is 2.37. The first-order valence-electron chi connectivity index (χ1n) is 8.68. The molecule has 0 bridgehead atoms. The molecule has 4 nitrogen and oxygen atoms in total. The molecule has 0 amide bonds. The van der Waals surface area contributed by atoms with E-state index >= 15 is 0 Å². The number of rotatable bonds is 5. The van der Waals surface area contributed by atoms with Crippen molar-refractivity contribution in [1.82, 2.24) is 5.32 Å². The van der Waals surface area contributed by atoms with Gasteiger partial charge in [0, 0.05) is 17.6 Å². The molecule has 0 radical (unpaired) electrons. The summed E-state index contributed by atoms with van der Waals surface area (Å²) in [6, 6.07) is 12.3. The summed E-state index contributed by atoms with van der Waals surface area (Å²) in [7, 11) is 1.74. The van der Waals surface area contributed by atoms with E-state index in [4.69, 9.17) is 25.8 Å². The fourth-order valence-corrected chi connectivity index (χ4v) is 4.24. The van der Waals surface area contributed by atoms with Gasteiger partial charge in [0.05, 0.1) is 12.1 Å². The maximum Gasteiger partial charge on any atom is 0.231 e. The summed E-state index contributed by atoms with van der Waals surface area (Å²) >= 11 is 6.32. The first-order chi connectivity index (χ1) is 12.2. The molecular formula is C20H23Cl2NO3. The van der Waals surface area contributed by atoms with Crippen LogP contribution in [-0.2, 0) is 12.1 Å².